The lowest BCUT2D eigenvalue weighted by atomic mass is 10.1. The number of H-pyrrole nitrogens is 1. The lowest BCUT2D eigenvalue weighted by Gasteiger charge is -2.08. The number of aromatic nitrogens is 2. The zero-order valence-electron chi connectivity index (χ0n) is 11.5. The SMILES string of the molecule is O=c1c2cc(Cl)ccc2[nH]c(=S)n1CCc1ccc(Cl)cc1. The molecular formula is C16H12Cl2N2OS. The zero-order chi connectivity index (χ0) is 15.7. The molecule has 0 radical (unpaired) electrons. The molecule has 1 heterocycles. The summed E-state index contributed by atoms with van der Waals surface area (Å²) < 4.78 is 1.97. The van der Waals surface area contributed by atoms with Gasteiger partial charge in [-0.1, -0.05) is 35.3 Å². The van der Waals surface area contributed by atoms with Crippen molar-refractivity contribution in [3.63, 3.8) is 0 Å². The Bertz CT molecular complexity index is 945. The molecule has 0 amide bonds. The Morgan fingerprint density at radius 1 is 1.05 bits per heavy atom. The number of fused-ring (bicyclic) bond motifs is 1. The van der Waals surface area contributed by atoms with Crippen molar-refractivity contribution in [3.05, 3.63) is 73.2 Å². The van der Waals surface area contributed by atoms with Crippen molar-refractivity contribution in [1.29, 1.82) is 0 Å². The molecule has 0 atom stereocenters. The van der Waals surface area contributed by atoms with Crippen molar-refractivity contribution in [2.45, 2.75) is 13.0 Å². The third-order valence-corrected chi connectivity index (χ3v) is 4.29. The fourth-order valence-electron chi connectivity index (χ4n) is 2.32. The molecule has 0 fully saturated rings. The number of aromatic amines is 1. The summed E-state index contributed by atoms with van der Waals surface area (Å²) in [7, 11) is 0. The van der Waals surface area contributed by atoms with Crippen LogP contribution >= 0.6 is 35.4 Å². The summed E-state index contributed by atoms with van der Waals surface area (Å²) in [6.07, 6.45) is 0.695. The van der Waals surface area contributed by atoms with Crippen LogP contribution in [-0.2, 0) is 13.0 Å². The van der Waals surface area contributed by atoms with Gasteiger partial charge in [0, 0.05) is 16.6 Å². The minimum absolute atomic E-state index is 0.129. The average molecular weight is 351 g/mol. The molecule has 1 N–H and O–H groups in total. The predicted octanol–water partition coefficient (Wildman–Crippen LogP) is 4.61. The molecule has 0 spiro atoms. The van der Waals surface area contributed by atoms with Gasteiger partial charge in [0.25, 0.3) is 5.56 Å². The first-order chi connectivity index (χ1) is 10.5. The van der Waals surface area contributed by atoms with E-state index in [1.54, 1.807) is 22.8 Å². The first-order valence-corrected chi connectivity index (χ1v) is 7.88. The molecular weight excluding hydrogens is 339 g/mol. The van der Waals surface area contributed by atoms with Gasteiger partial charge in [-0.25, -0.2) is 0 Å². The van der Waals surface area contributed by atoms with Crippen molar-refractivity contribution in [2.24, 2.45) is 0 Å². The Balaban J connectivity index is 1.98. The van der Waals surface area contributed by atoms with E-state index >= 15 is 0 Å². The van der Waals surface area contributed by atoms with Gasteiger partial charge in [-0.2, -0.15) is 0 Å². The van der Waals surface area contributed by atoms with Gasteiger partial charge in [-0.3, -0.25) is 9.36 Å². The van der Waals surface area contributed by atoms with Crippen molar-refractivity contribution in [3.8, 4) is 0 Å². The van der Waals surface area contributed by atoms with Gasteiger partial charge >= 0.3 is 0 Å². The molecule has 6 heteroatoms. The smallest absolute Gasteiger partial charge is 0.262 e. The number of benzene rings is 2. The van der Waals surface area contributed by atoms with E-state index in [9.17, 15) is 4.79 Å². The molecule has 3 aromatic rings. The van der Waals surface area contributed by atoms with Gasteiger partial charge in [0.2, 0.25) is 0 Å². The summed E-state index contributed by atoms with van der Waals surface area (Å²) in [5, 5.41) is 1.76. The van der Waals surface area contributed by atoms with E-state index in [0.717, 1.165) is 5.56 Å². The second-order valence-electron chi connectivity index (χ2n) is 4.95. The maximum absolute atomic E-state index is 12.6. The Morgan fingerprint density at radius 3 is 2.45 bits per heavy atom. The number of rotatable bonds is 3. The summed E-state index contributed by atoms with van der Waals surface area (Å²) in [6, 6.07) is 12.7. The highest BCUT2D eigenvalue weighted by molar-refractivity contribution is 7.71. The summed E-state index contributed by atoms with van der Waals surface area (Å²) in [5.41, 5.74) is 1.66. The number of halogens is 2. The van der Waals surface area contributed by atoms with Crippen LogP contribution in [0.5, 0.6) is 0 Å². The molecule has 0 aliphatic heterocycles. The average Bonchev–Trinajstić information content (AvgIpc) is 2.50. The maximum Gasteiger partial charge on any atom is 0.262 e. The van der Waals surface area contributed by atoms with E-state index in [-0.39, 0.29) is 5.56 Å². The number of hydrogen-bond acceptors (Lipinski definition) is 2. The first-order valence-electron chi connectivity index (χ1n) is 6.71. The third-order valence-electron chi connectivity index (χ3n) is 3.48. The molecule has 22 heavy (non-hydrogen) atoms. The molecule has 0 saturated heterocycles. The summed E-state index contributed by atoms with van der Waals surface area (Å²) in [4.78, 5) is 15.6. The van der Waals surface area contributed by atoms with Crippen molar-refractivity contribution >= 4 is 46.3 Å². The van der Waals surface area contributed by atoms with Gasteiger partial charge in [-0.15, -0.1) is 0 Å². The molecule has 3 nitrogen and oxygen atoms in total. The Morgan fingerprint density at radius 2 is 1.73 bits per heavy atom. The van der Waals surface area contributed by atoms with Crippen LogP contribution in [0.15, 0.2) is 47.3 Å². The second-order valence-corrected chi connectivity index (χ2v) is 6.21. The van der Waals surface area contributed by atoms with E-state index in [2.05, 4.69) is 4.98 Å². The number of nitrogens with zero attached hydrogens (tertiary/aromatic N) is 1. The third kappa shape index (κ3) is 3.09. The molecule has 0 bridgehead atoms. The molecule has 0 aliphatic carbocycles. The molecule has 2 aromatic carbocycles. The van der Waals surface area contributed by atoms with Crippen LogP contribution in [0.4, 0.5) is 0 Å². The minimum atomic E-state index is -0.129. The normalized spacial score (nSPS) is 11.0. The van der Waals surface area contributed by atoms with E-state index in [1.165, 1.54) is 0 Å². The van der Waals surface area contributed by atoms with Crippen LogP contribution in [0, 0.1) is 4.77 Å². The van der Waals surface area contributed by atoms with E-state index < -0.39 is 0 Å². The second kappa shape index (κ2) is 6.24. The Hall–Kier alpha value is -1.62. The standard InChI is InChI=1S/C16H12Cl2N2OS/c17-11-3-1-10(2-4-11)7-8-20-15(21)13-9-12(18)5-6-14(13)19-16(20)22/h1-6,9H,7-8H2,(H,19,22). The summed E-state index contributed by atoms with van der Waals surface area (Å²) >= 11 is 17.1. The fraction of sp³-hybridized carbons (Fsp3) is 0.125. The number of hydrogen-bond donors (Lipinski definition) is 1. The highest BCUT2D eigenvalue weighted by atomic mass is 35.5. The van der Waals surface area contributed by atoms with Crippen molar-refractivity contribution < 1.29 is 0 Å². The quantitative estimate of drug-likeness (QED) is 0.700. The van der Waals surface area contributed by atoms with Crippen molar-refractivity contribution in [2.75, 3.05) is 0 Å². The fourth-order valence-corrected chi connectivity index (χ4v) is 2.90. The topological polar surface area (TPSA) is 37.8 Å². The number of aryl methyl sites for hydroxylation is 1. The largest absolute Gasteiger partial charge is 0.332 e. The first kappa shape index (κ1) is 15.3. The van der Waals surface area contributed by atoms with E-state index in [4.69, 9.17) is 35.4 Å². The molecule has 1 aromatic heterocycles. The maximum atomic E-state index is 12.6. The molecule has 0 aliphatic rings. The van der Waals surface area contributed by atoms with Crippen LogP contribution < -0.4 is 5.56 Å². The summed E-state index contributed by atoms with van der Waals surface area (Å²) in [6.45, 7) is 0.498. The molecule has 0 unspecified atom stereocenters. The monoisotopic (exact) mass is 350 g/mol. The molecule has 0 saturated carbocycles. The number of nitrogens with one attached hydrogen (secondary N) is 1. The van der Waals surface area contributed by atoms with Gasteiger partial charge in [0.1, 0.15) is 0 Å². The Kier molecular flexibility index (Phi) is 4.34. The van der Waals surface area contributed by atoms with Crippen molar-refractivity contribution in [1.82, 2.24) is 9.55 Å². The van der Waals surface area contributed by atoms with Crippen LogP contribution in [0.25, 0.3) is 10.9 Å². The molecule has 3 rings (SSSR count). The minimum Gasteiger partial charge on any atom is -0.332 e. The van der Waals surface area contributed by atoms with Gasteiger partial charge < -0.3 is 4.98 Å². The lowest BCUT2D eigenvalue weighted by molar-refractivity contribution is 0.652. The zero-order valence-corrected chi connectivity index (χ0v) is 13.8. The van der Waals surface area contributed by atoms with Crippen LogP contribution in [0.1, 0.15) is 5.56 Å². The highest BCUT2D eigenvalue weighted by Gasteiger charge is 2.06. The van der Waals surface area contributed by atoms with E-state index in [1.807, 2.05) is 24.3 Å². The van der Waals surface area contributed by atoms with Gasteiger partial charge in [-0.05, 0) is 54.5 Å². The van der Waals surface area contributed by atoms with Crippen LogP contribution in [0.3, 0.4) is 0 Å². The van der Waals surface area contributed by atoms with Gasteiger partial charge in [0.05, 0.1) is 10.9 Å². The lowest BCUT2D eigenvalue weighted by Crippen LogP contribution is -2.23. The van der Waals surface area contributed by atoms with Gasteiger partial charge in [0.15, 0.2) is 4.77 Å². The highest BCUT2D eigenvalue weighted by Crippen LogP contribution is 2.15. The predicted molar refractivity (Wildman–Crippen MR) is 93.6 cm³/mol. The van der Waals surface area contributed by atoms with E-state index in [0.29, 0.717) is 38.7 Å². The van der Waals surface area contributed by atoms with Crippen LogP contribution in [-0.4, -0.2) is 9.55 Å². The summed E-state index contributed by atoms with van der Waals surface area (Å²) in [5.74, 6) is 0. The van der Waals surface area contributed by atoms with Crippen LogP contribution in [0.2, 0.25) is 10.0 Å². The molecule has 112 valence electrons. The Labute approximate surface area is 142 Å².